The average Bonchev–Trinajstić information content (AvgIpc) is 2.78. The van der Waals surface area contributed by atoms with Crippen molar-refractivity contribution in [3.8, 4) is 23.0 Å². The summed E-state index contributed by atoms with van der Waals surface area (Å²) in [4.78, 5) is 27.5. The Morgan fingerprint density at radius 3 is 2.65 bits per heavy atom. The number of fused-ring (bicyclic) bond motifs is 1. The Morgan fingerprint density at radius 1 is 1.19 bits per heavy atom. The molecule has 0 radical (unpaired) electrons. The summed E-state index contributed by atoms with van der Waals surface area (Å²) in [6, 6.07) is 8.19. The predicted molar refractivity (Wildman–Crippen MR) is 122 cm³/mol. The highest BCUT2D eigenvalue weighted by atomic mass is 16.5. The van der Waals surface area contributed by atoms with Gasteiger partial charge in [-0.1, -0.05) is 0 Å². The summed E-state index contributed by atoms with van der Waals surface area (Å²) >= 11 is 0. The van der Waals surface area contributed by atoms with Crippen LogP contribution < -0.4 is 20.3 Å². The lowest BCUT2D eigenvalue weighted by atomic mass is 10.0. The Morgan fingerprint density at radius 2 is 1.97 bits per heavy atom. The Bertz CT molecular complexity index is 1120. The van der Waals surface area contributed by atoms with E-state index >= 15 is 0 Å². The van der Waals surface area contributed by atoms with E-state index in [0.29, 0.717) is 46.0 Å². The molecule has 1 aliphatic heterocycles. The second-order valence-corrected chi connectivity index (χ2v) is 8.09. The van der Waals surface area contributed by atoms with Gasteiger partial charge in [-0.3, -0.25) is 9.78 Å². The van der Waals surface area contributed by atoms with Crippen LogP contribution in [0, 0.1) is 0 Å². The second-order valence-electron chi connectivity index (χ2n) is 8.09. The highest BCUT2D eigenvalue weighted by Crippen LogP contribution is 2.30. The highest BCUT2D eigenvalue weighted by Gasteiger charge is 2.22. The van der Waals surface area contributed by atoms with Crippen LogP contribution in [-0.4, -0.2) is 59.2 Å². The molecule has 4 rings (SSSR count). The van der Waals surface area contributed by atoms with Crippen molar-refractivity contribution < 1.29 is 9.47 Å². The number of methoxy groups -OCH3 is 2. The number of benzene rings is 1. The summed E-state index contributed by atoms with van der Waals surface area (Å²) < 4.78 is 10.7. The van der Waals surface area contributed by atoms with Gasteiger partial charge in [0.2, 0.25) is 0 Å². The Hall–Kier alpha value is -3.13. The van der Waals surface area contributed by atoms with Gasteiger partial charge in [-0.25, -0.2) is 4.98 Å². The number of nitrogens with one attached hydrogen (secondary N) is 2. The van der Waals surface area contributed by atoms with Crippen LogP contribution in [0.1, 0.15) is 26.7 Å². The summed E-state index contributed by atoms with van der Waals surface area (Å²) in [6.07, 6.45) is 3.82. The topological polar surface area (TPSA) is 92.4 Å². The minimum Gasteiger partial charge on any atom is -0.497 e. The van der Waals surface area contributed by atoms with Crippen LogP contribution >= 0.6 is 0 Å². The Balaban J connectivity index is 1.68. The minimum atomic E-state index is -0.277. The fourth-order valence-electron chi connectivity index (χ4n) is 4.09. The van der Waals surface area contributed by atoms with Crippen LogP contribution in [0.4, 0.5) is 5.69 Å². The van der Waals surface area contributed by atoms with E-state index in [-0.39, 0.29) is 5.56 Å². The lowest BCUT2D eigenvalue weighted by molar-refractivity contribution is 0.177. The molecule has 1 aromatic carbocycles. The van der Waals surface area contributed by atoms with Crippen molar-refractivity contribution in [2.75, 3.05) is 32.6 Å². The van der Waals surface area contributed by atoms with Gasteiger partial charge in [-0.05, 0) is 38.8 Å². The summed E-state index contributed by atoms with van der Waals surface area (Å²) in [5.74, 6) is 1.41. The predicted octanol–water partition coefficient (Wildman–Crippen LogP) is 3.29. The molecular formula is C23H29N5O3. The van der Waals surface area contributed by atoms with Gasteiger partial charge < -0.3 is 24.7 Å². The number of pyridine rings is 1. The molecule has 8 nitrogen and oxygen atoms in total. The Kier molecular flexibility index (Phi) is 6.08. The quantitative estimate of drug-likeness (QED) is 0.628. The third-order valence-electron chi connectivity index (χ3n) is 5.85. The van der Waals surface area contributed by atoms with Crippen molar-refractivity contribution >= 4 is 16.6 Å². The van der Waals surface area contributed by atoms with Gasteiger partial charge in [-0.15, -0.1) is 0 Å². The molecule has 2 N–H and O–H groups in total. The molecule has 8 heteroatoms. The number of aromatic nitrogens is 3. The first kappa shape index (κ1) is 21.1. The molecule has 0 spiro atoms. The van der Waals surface area contributed by atoms with Crippen LogP contribution in [0.25, 0.3) is 22.4 Å². The number of piperidine rings is 1. The number of nitrogens with zero attached hydrogens (tertiary/aromatic N) is 3. The Labute approximate surface area is 181 Å². The first-order valence-corrected chi connectivity index (χ1v) is 10.6. The maximum absolute atomic E-state index is 12.9. The molecule has 0 atom stereocenters. The van der Waals surface area contributed by atoms with Crippen LogP contribution in [-0.2, 0) is 0 Å². The summed E-state index contributed by atoms with van der Waals surface area (Å²) in [6.45, 7) is 6.60. The number of anilines is 1. The molecule has 1 fully saturated rings. The number of likely N-dealkylation sites (tertiary alicyclic amines) is 1. The zero-order valence-electron chi connectivity index (χ0n) is 18.4. The van der Waals surface area contributed by atoms with Gasteiger partial charge in [0.1, 0.15) is 22.6 Å². The number of H-pyrrole nitrogens is 1. The highest BCUT2D eigenvalue weighted by molar-refractivity contribution is 5.87. The first-order valence-electron chi connectivity index (χ1n) is 10.6. The molecule has 0 unspecified atom stereocenters. The van der Waals surface area contributed by atoms with E-state index in [9.17, 15) is 4.79 Å². The number of ether oxygens (including phenoxy) is 2. The fraction of sp³-hybridized carbons (Fsp3) is 0.435. The van der Waals surface area contributed by atoms with Gasteiger partial charge in [0.05, 0.1) is 25.4 Å². The van der Waals surface area contributed by atoms with Crippen molar-refractivity contribution in [1.82, 2.24) is 19.9 Å². The van der Waals surface area contributed by atoms with Crippen molar-refractivity contribution in [2.45, 2.75) is 38.8 Å². The summed E-state index contributed by atoms with van der Waals surface area (Å²) in [5.41, 5.74) is 1.70. The van der Waals surface area contributed by atoms with Crippen molar-refractivity contribution in [2.24, 2.45) is 0 Å². The van der Waals surface area contributed by atoms with Gasteiger partial charge in [0.25, 0.3) is 5.56 Å². The average molecular weight is 424 g/mol. The second kappa shape index (κ2) is 8.93. The maximum atomic E-state index is 12.9. The van der Waals surface area contributed by atoms with E-state index in [0.717, 1.165) is 31.6 Å². The number of hydrogen-bond acceptors (Lipinski definition) is 7. The van der Waals surface area contributed by atoms with Gasteiger partial charge >= 0.3 is 0 Å². The zero-order valence-corrected chi connectivity index (χ0v) is 18.4. The monoisotopic (exact) mass is 423 g/mol. The third-order valence-corrected chi connectivity index (χ3v) is 5.85. The molecule has 1 aliphatic rings. The van der Waals surface area contributed by atoms with Crippen molar-refractivity contribution in [3.05, 3.63) is 40.8 Å². The third kappa shape index (κ3) is 4.34. The van der Waals surface area contributed by atoms with Gasteiger partial charge in [0, 0.05) is 43.5 Å². The lowest BCUT2D eigenvalue weighted by Crippen LogP contribution is -2.42. The first-order chi connectivity index (χ1) is 15.0. The van der Waals surface area contributed by atoms with Gasteiger partial charge in [0.15, 0.2) is 5.82 Å². The number of aromatic amines is 1. The molecule has 0 aliphatic carbocycles. The van der Waals surface area contributed by atoms with E-state index in [4.69, 9.17) is 9.47 Å². The maximum Gasteiger partial charge on any atom is 0.262 e. The lowest BCUT2D eigenvalue weighted by Gasteiger charge is -2.35. The molecule has 31 heavy (non-hydrogen) atoms. The van der Waals surface area contributed by atoms with E-state index in [1.165, 1.54) is 7.11 Å². The molecule has 0 saturated carbocycles. The summed E-state index contributed by atoms with van der Waals surface area (Å²) in [7, 11) is 3.09. The zero-order chi connectivity index (χ0) is 22.0. The molecule has 2 aromatic heterocycles. The SMILES string of the molecule is COc1cc(OC)c2c(=O)[nH]c(-c3ncccc3NC3CCN(C(C)C)CC3)nc2c1. The number of rotatable bonds is 6. The van der Waals surface area contributed by atoms with E-state index < -0.39 is 0 Å². The standard InChI is InChI=1S/C23H29N5O3/c1-14(2)28-10-7-15(8-11-28)25-17-6-5-9-24-21(17)22-26-18-12-16(30-3)13-19(31-4)20(18)23(29)27-22/h5-6,9,12-15,25H,7-8,10-11H2,1-4H3,(H,26,27,29). The van der Waals surface area contributed by atoms with Crippen LogP contribution in [0.15, 0.2) is 35.3 Å². The molecule has 0 amide bonds. The molecule has 3 heterocycles. The van der Waals surface area contributed by atoms with Gasteiger partial charge in [-0.2, -0.15) is 0 Å². The van der Waals surface area contributed by atoms with Crippen LogP contribution in [0.2, 0.25) is 0 Å². The van der Waals surface area contributed by atoms with E-state index in [1.54, 1.807) is 25.4 Å². The van der Waals surface area contributed by atoms with Crippen molar-refractivity contribution in [3.63, 3.8) is 0 Å². The van der Waals surface area contributed by atoms with Crippen LogP contribution in [0.5, 0.6) is 11.5 Å². The van der Waals surface area contributed by atoms with E-state index in [2.05, 4.69) is 39.0 Å². The van der Waals surface area contributed by atoms with Crippen molar-refractivity contribution in [1.29, 1.82) is 0 Å². The molecule has 3 aromatic rings. The molecule has 0 bridgehead atoms. The fourth-order valence-corrected chi connectivity index (χ4v) is 4.09. The molecule has 1 saturated heterocycles. The smallest absolute Gasteiger partial charge is 0.262 e. The largest absolute Gasteiger partial charge is 0.497 e. The summed E-state index contributed by atoms with van der Waals surface area (Å²) in [5, 5.41) is 4.01. The molecular weight excluding hydrogens is 394 g/mol. The normalized spacial score (nSPS) is 15.4. The van der Waals surface area contributed by atoms with Crippen LogP contribution in [0.3, 0.4) is 0 Å². The van der Waals surface area contributed by atoms with E-state index in [1.807, 2.05) is 12.1 Å². The molecule has 164 valence electrons. The number of hydrogen-bond donors (Lipinski definition) is 2. The minimum absolute atomic E-state index is 0.277.